The van der Waals surface area contributed by atoms with Crippen LogP contribution in [-0.4, -0.2) is 43.5 Å². The monoisotopic (exact) mass is 201 g/mol. The van der Waals surface area contributed by atoms with Gasteiger partial charge in [0.25, 0.3) is 0 Å². The van der Waals surface area contributed by atoms with Gasteiger partial charge in [-0.15, -0.1) is 0 Å². The summed E-state index contributed by atoms with van der Waals surface area (Å²) < 4.78 is 0. The molecule has 0 aromatic rings. The van der Waals surface area contributed by atoms with Crippen LogP contribution in [0, 0.1) is 0 Å². The zero-order chi connectivity index (χ0) is 11.2. The van der Waals surface area contributed by atoms with Gasteiger partial charge in [-0.05, 0) is 26.8 Å². The Labute approximate surface area is 86.8 Å². The third-order valence-electron chi connectivity index (χ3n) is 2.21. The van der Waals surface area contributed by atoms with Crippen molar-refractivity contribution in [3.05, 3.63) is 0 Å². The second-order valence-corrected chi connectivity index (χ2v) is 4.39. The normalized spacial score (nSPS) is 11.5. The van der Waals surface area contributed by atoms with Crippen molar-refractivity contribution < 1.29 is 4.79 Å². The largest absolute Gasteiger partial charge is 0.349 e. The van der Waals surface area contributed by atoms with Gasteiger partial charge < -0.3 is 16.0 Å². The fraction of sp³-hybridized carbons (Fsp3) is 0.900. The van der Waals surface area contributed by atoms with Crippen LogP contribution in [0.25, 0.3) is 0 Å². The van der Waals surface area contributed by atoms with E-state index in [1.165, 1.54) is 0 Å². The molecule has 0 aliphatic carbocycles. The quantitative estimate of drug-likeness (QED) is 0.644. The third-order valence-corrected chi connectivity index (χ3v) is 2.21. The van der Waals surface area contributed by atoms with Crippen molar-refractivity contribution in [2.45, 2.75) is 32.2 Å². The molecule has 0 aromatic carbocycles. The number of carbonyl (C=O) groups excluding carboxylic acids is 1. The van der Waals surface area contributed by atoms with Crippen LogP contribution >= 0.6 is 0 Å². The van der Waals surface area contributed by atoms with E-state index in [4.69, 9.17) is 5.73 Å². The SMILES string of the molecule is CN(C)C(=O)CCNC(C)(C)CCN. The van der Waals surface area contributed by atoms with Crippen LogP contribution in [0.1, 0.15) is 26.7 Å². The van der Waals surface area contributed by atoms with Crippen LogP contribution in [0.4, 0.5) is 0 Å². The first-order valence-corrected chi connectivity index (χ1v) is 5.04. The highest BCUT2D eigenvalue weighted by Crippen LogP contribution is 2.06. The molecule has 0 aliphatic rings. The van der Waals surface area contributed by atoms with E-state index in [0.717, 1.165) is 6.42 Å². The lowest BCUT2D eigenvalue weighted by Gasteiger charge is -2.25. The Morgan fingerprint density at radius 3 is 2.43 bits per heavy atom. The number of nitrogens with zero attached hydrogens (tertiary/aromatic N) is 1. The van der Waals surface area contributed by atoms with Crippen LogP contribution in [0.2, 0.25) is 0 Å². The number of rotatable bonds is 6. The minimum Gasteiger partial charge on any atom is -0.349 e. The Hall–Kier alpha value is -0.610. The lowest BCUT2D eigenvalue weighted by molar-refractivity contribution is -0.128. The van der Waals surface area contributed by atoms with Crippen molar-refractivity contribution in [1.29, 1.82) is 0 Å². The summed E-state index contributed by atoms with van der Waals surface area (Å²) in [5, 5.41) is 3.32. The summed E-state index contributed by atoms with van der Waals surface area (Å²) >= 11 is 0. The Morgan fingerprint density at radius 1 is 1.43 bits per heavy atom. The minimum atomic E-state index is 0.0291. The second kappa shape index (κ2) is 5.98. The Balaban J connectivity index is 3.68. The molecule has 0 unspecified atom stereocenters. The van der Waals surface area contributed by atoms with Crippen LogP contribution in [0.5, 0.6) is 0 Å². The predicted octanol–water partition coefficient (Wildman–Crippen LogP) is 0.182. The molecule has 0 radical (unpaired) electrons. The molecule has 0 spiro atoms. The van der Waals surface area contributed by atoms with Gasteiger partial charge in [-0.3, -0.25) is 4.79 Å². The summed E-state index contributed by atoms with van der Waals surface area (Å²) in [6, 6.07) is 0. The maximum atomic E-state index is 11.2. The Morgan fingerprint density at radius 2 is 2.00 bits per heavy atom. The van der Waals surface area contributed by atoms with E-state index in [0.29, 0.717) is 19.5 Å². The molecule has 0 fully saturated rings. The molecular formula is C10H23N3O. The van der Waals surface area contributed by atoms with Crippen molar-refractivity contribution in [1.82, 2.24) is 10.2 Å². The highest BCUT2D eigenvalue weighted by atomic mass is 16.2. The highest BCUT2D eigenvalue weighted by Gasteiger charge is 2.15. The second-order valence-electron chi connectivity index (χ2n) is 4.39. The fourth-order valence-corrected chi connectivity index (χ4v) is 1.18. The summed E-state index contributed by atoms with van der Waals surface area (Å²) in [6.45, 7) is 5.58. The van der Waals surface area contributed by atoms with E-state index in [2.05, 4.69) is 19.2 Å². The molecule has 0 atom stereocenters. The van der Waals surface area contributed by atoms with Gasteiger partial charge in [0, 0.05) is 32.6 Å². The molecule has 0 bridgehead atoms. The number of nitrogens with two attached hydrogens (primary N) is 1. The van der Waals surface area contributed by atoms with Gasteiger partial charge in [0.1, 0.15) is 0 Å². The first kappa shape index (κ1) is 13.4. The topological polar surface area (TPSA) is 58.4 Å². The molecule has 84 valence electrons. The smallest absolute Gasteiger partial charge is 0.223 e. The molecule has 0 heterocycles. The van der Waals surface area contributed by atoms with Gasteiger partial charge in [-0.25, -0.2) is 0 Å². The molecule has 4 heteroatoms. The maximum Gasteiger partial charge on any atom is 0.223 e. The van der Waals surface area contributed by atoms with E-state index < -0.39 is 0 Å². The molecule has 4 nitrogen and oxygen atoms in total. The number of nitrogens with one attached hydrogen (secondary N) is 1. The van der Waals surface area contributed by atoms with E-state index >= 15 is 0 Å². The van der Waals surface area contributed by atoms with Crippen LogP contribution in [0.3, 0.4) is 0 Å². The van der Waals surface area contributed by atoms with Crippen molar-refractivity contribution >= 4 is 5.91 Å². The lowest BCUT2D eigenvalue weighted by atomic mass is 10.0. The molecule has 14 heavy (non-hydrogen) atoms. The van der Waals surface area contributed by atoms with Gasteiger partial charge in [-0.2, -0.15) is 0 Å². The summed E-state index contributed by atoms with van der Waals surface area (Å²) in [5.74, 6) is 0.154. The first-order chi connectivity index (χ1) is 6.39. The standard InChI is InChI=1S/C10H23N3O/c1-10(2,6-7-11)12-8-5-9(14)13(3)4/h12H,5-8,11H2,1-4H3. The van der Waals surface area contributed by atoms with Crippen LogP contribution in [-0.2, 0) is 4.79 Å². The molecule has 0 saturated carbocycles. The third kappa shape index (κ3) is 5.94. The molecule has 0 aromatic heterocycles. The Bertz CT molecular complexity index is 178. The Kier molecular flexibility index (Phi) is 5.72. The molecule has 3 N–H and O–H groups in total. The van der Waals surface area contributed by atoms with Crippen molar-refractivity contribution in [2.24, 2.45) is 5.73 Å². The van der Waals surface area contributed by atoms with Crippen molar-refractivity contribution in [3.63, 3.8) is 0 Å². The molecule has 0 rings (SSSR count). The van der Waals surface area contributed by atoms with Gasteiger partial charge in [0.05, 0.1) is 0 Å². The zero-order valence-corrected chi connectivity index (χ0v) is 9.76. The van der Waals surface area contributed by atoms with E-state index in [9.17, 15) is 4.79 Å². The van der Waals surface area contributed by atoms with Gasteiger partial charge in [0.2, 0.25) is 5.91 Å². The van der Waals surface area contributed by atoms with E-state index in [-0.39, 0.29) is 11.4 Å². The lowest BCUT2D eigenvalue weighted by Crippen LogP contribution is -2.42. The molecule has 0 saturated heterocycles. The molecule has 0 aliphatic heterocycles. The first-order valence-electron chi connectivity index (χ1n) is 5.04. The number of amides is 1. The molecular weight excluding hydrogens is 178 g/mol. The van der Waals surface area contributed by atoms with Gasteiger partial charge in [-0.1, -0.05) is 0 Å². The number of carbonyl (C=O) groups is 1. The van der Waals surface area contributed by atoms with Gasteiger partial charge >= 0.3 is 0 Å². The van der Waals surface area contributed by atoms with Crippen LogP contribution < -0.4 is 11.1 Å². The van der Waals surface area contributed by atoms with E-state index in [1.54, 1.807) is 19.0 Å². The molecule has 1 amide bonds. The zero-order valence-electron chi connectivity index (χ0n) is 9.76. The summed E-state index contributed by atoms with van der Waals surface area (Å²) in [5.41, 5.74) is 5.51. The van der Waals surface area contributed by atoms with Gasteiger partial charge in [0.15, 0.2) is 0 Å². The predicted molar refractivity (Wildman–Crippen MR) is 59.1 cm³/mol. The number of hydrogen-bond acceptors (Lipinski definition) is 3. The average Bonchev–Trinajstić information content (AvgIpc) is 2.03. The van der Waals surface area contributed by atoms with Crippen molar-refractivity contribution in [2.75, 3.05) is 27.2 Å². The average molecular weight is 201 g/mol. The summed E-state index contributed by atoms with van der Waals surface area (Å²) in [6.07, 6.45) is 1.46. The highest BCUT2D eigenvalue weighted by molar-refractivity contribution is 5.75. The van der Waals surface area contributed by atoms with Crippen LogP contribution in [0.15, 0.2) is 0 Å². The van der Waals surface area contributed by atoms with Crippen molar-refractivity contribution in [3.8, 4) is 0 Å². The fourth-order valence-electron chi connectivity index (χ4n) is 1.18. The minimum absolute atomic E-state index is 0.0291. The number of hydrogen-bond donors (Lipinski definition) is 2. The van der Waals surface area contributed by atoms with E-state index in [1.807, 2.05) is 0 Å². The summed E-state index contributed by atoms with van der Waals surface area (Å²) in [4.78, 5) is 12.9. The summed E-state index contributed by atoms with van der Waals surface area (Å²) in [7, 11) is 3.54. The maximum absolute atomic E-state index is 11.2.